The van der Waals surface area contributed by atoms with E-state index in [1.54, 1.807) is 0 Å². The lowest BCUT2D eigenvalue weighted by atomic mass is 9.93. The van der Waals surface area contributed by atoms with E-state index in [1.807, 2.05) is 21.8 Å². The second-order valence-corrected chi connectivity index (χ2v) is 7.49. The normalized spacial score (nSPS) is 25.6. The van der Waals surface area contributed by atoms with Gasteiger partial charge in [-0.05, 0) is 43.9 Å². The number of fused-ring (bicyclic) bond motifs is 1. The summed E-state index contributed by atoms with van der Waals surface area (Å²) >= 11 is 0. The summed E-state index contributed by atoms with van der Waals surface area (Å²) in [5, 5.41) is 9.99. The van der Waals surface area contributed by atoms with Crippen LogP contribution in [-0.2, 0) is 0 Å². The molecule has 0 amide bonds. The van der Waals surface area contributed by atoms with Crippen molar-refractivity contribution in [3.8, 4) is 0 Å². The van der Waals surface area contributed by atoms with Crippen LogP contribution in [0.25, 0.3) is 5.65 Å². The Labute approximate surface area is 136 Å². The molecule has 2 aliphatic carbocycles. The van der Waals surface area contributed by atoms with Gasteiger partial charge in [0.25, 0.3) is 0 Å². The van der Waals surface area contributed by atoms with E-state index in [4.69, 9.17) is 10.8 Å². The van der Waals surface area contributed by atoms with Gasteiger partial charge in [0.1, 0.15) is 5.82 Å². The highest BCUT2D eigenvalue weighted by molar-refractivity contribution is 5.50. The van der Waals surface area contributed by atoms with Crippen LogP contribution in [0, 0.1) is 11.8 Å². The maximum Gasteiger partial charge on any atom is 0.157 e. The Balaban J connectivity index is 1.50. The summed E-state index contributed by atoms with van der Waals surface area (Å²) < 4.78 is 1.93. The van der Waals surface area contributed by atoms with Gasteiger partial charge in [-0.1, -0.05) is 0 Å². The summed E-state index contributed by atoms with van der Waals surface area (Å²) in [5.41, 5.74) is 2.23. The Kier molecular flexibility index (Phi) is 3.09. The van der Waals surface area contributed by atoms with Crippen molar-refractivity contribution in [2.45, 2.75) is 44.1 Å². The van der Waals surface area contributed by atoms with Crippen molar-refractivity contribution >= 4 is 11.5 Å². The van der Waals surface area contributed by atoms with E-state index in [9.17, 15) is 0 Å². The largest absolute Gasteiger partial charge is 0.366 e. The van der Waals surface area contributed by atoms with Crippen molar-refractivity contribution in [3.05, 3.63) is 24.0 Å². The maximum atomic E-state index is 5.90. The first kappa shape index (κ1) is 13.7. The van der Waals surface area contributed by atoms with Gasteiger partial charge in [-0.2, -0.15) is 9.61 Å². The first-order valence-electron chi connectivity index (χ1n) is 8.89. The number of hydrogen-bond acceptors (Lipinski definition) is 5. The molecule has 0 spiro atoms. The Morgan fingerprint density at radius 3 is 2.61 bits per heavy atom. The molecule has 1 saturated heterocycles. The van der Waals surface area contributed by atoms with E-state index in [0.29, 0.717) is 12.0 Å². The van der Waals surface area contributed by atoms with Gasteiger partial charge in [0, 0.05) is 37.2 Å². The second-order valence-electron chi connectivity index (χ2n) is 7.49. The highest BCUT2D eigenvalue weighted by Crippen LogP contribution is 2.54. The molecule has 23 heavy (non-hydrogen) atoms. The maximum absolute atomic E-state index is 5.90. The van der Waals surface area contributed by atoms with Crippen molar-refractivity contribution in [1.82, 2.24) is 19.6 Å². The van der Waals surface area contributed by atoms with Crippen molar-refractivity contribution in [1.29, 1.82) is 0 Å². The zero-order valence-corrected chi connectivity index (χ0v) is 13.4. The fraction of sp³-hybridized carbons (Fsp3) is 0.647. The van der Waals surface area contributed by atoms with Crippen LogP contribution in [0.5, 0.6) is 0 Å². The monoisotopic (exact) mass is 312 g/mol. The van der Waals surface area contributed by atoms with Gasteiger partial charge in [-0.3, -0.25) is 5.84 Å². The third-order valence-electron chi connectivity index (χ3n) is 5.55. The zero-order valence-electron chi connectivity index (χ0n) is 13.4. The fourth-order valence-electron chi connectivity index (χ4n) is 4.10. The molecule has 2 aromatic rings. The van der Waals surface area contributed by atoms with Crippen LogP contribution in [0.2, 0.25) is 0 Å². The van der Waals surface area contributed by atoms with E-state index in [2.05, 4.69) is 16.5 Å². The topological polar surface area (TPSA) is 71.5 Å². The van der Waals surface area contributed by atoms with Gasteiger partial charge < -0.3 is 5.32 Å². The summed E-state index contributed by atoms with van der Waals surface area (Å²) in [7, 11) is 0. The number of anilines is 1. The Bertz CT molecular complexity index is 705. The molecule has 3 fully saturated rings. The lowest BCUT2D eigenvalue weighted by Gasteiger charge is -2.19. The first-order chi connectivity index (χ1) is 11.3. The van der Waals surface area contributed by atoms with Gasteiger partial charge in [-0.15, -0.1) is 0 Å². The molecule has 5 rings (SSSR count). The number of hydrazine groups is 1. The standard InChI is InChI=1S/C17H24N6/c18-22-8-6-13(10-22)20-16-9-14(21-15-5-7-19-23(15)16)17(11-1-2-11)12-3-4-12/h5,7,9,11-13,17,20H,1-4,6,8,10,18H2. The molecule has 0 aromatic carbocycles. The summed E-state index contributed by atoms with van der Waals surface area (Å²) in [6, 6.07) is 4.65. The highest BCUT2D eigenvalue weighted by atomic mass is 15.4. The number of nitrogens with two attached hydrogens (primary N) is 1. The minimum atomic E-state index is 0.392. The van der Waals surface area contributed by atoms with Crippen molar-refractivity contribution in [2.24, 2.45) is 17.7 Å². The molecule has 6 nitrogen and oxygen atoms in total. The van der Waals surface area contributed by atoms with Crippen molar-refractivity contribution in [2.75, 3.05) is 18.4 Å². The smallest absolute Gasteiger partial charge is 0.157 e. The van der Waals surface area contributed by atoms with Crippen LogP contribution in [0.15, 0.2) is 18.3 Å². The molecular formula is C17H24N6. The molecule has 1 aliphatic heterocycles. The van der Waals surface area contributed by atoms with E-state index in [0.717, 1.165) is 42.8 Å². The number of hydrogen-bond donors (Lipinski definition) is 2. The highest BCUT2D eigenvalue weighted by Gasteiger charge is 2.43. The summed E-state index contributed by atoms with van der Waals surface area (Å²) in [6.45, 7) is 1.83. The van der Waals surface area contributed by atoms with E-state index < -0.39 is 0 Å². The summed E-state index contributed by atoms with van der Waals surface area (Å²) in [4.78, 5) is 4.93. The van der Waals surface area contributed by atoms with Crippen LogP contribution in [0.1, 0.15) is 43.7 Å². The van der Waals surface area contributed by atoms with Crippen molar-refractivity contribution < 1.29 is 0 Å². The third-order valence-corrected chi connectivity index (χ3v) is 5.55. The number of nitrogens with one attached hydrogen (secondary N) is 1. The van der Waals surface area contributed by atoms with Crippen LogP contribution in [-0.4, -0.2) is 38.7 Å². The van der Waals surface area contributed by atoms with E-state index in [-0.39, 0.29) is 0 Å². The van der Waals surface area contributed by atoms with Gasteiger partial charge >= 0.3 is 0 Å². The Hall–Kier alpha value is -1.66. The predicted molar refractivity (Wildman–Crippen MR) is 89.0 cm³/mol. The molecule has 3 aliphatic rings. The molecule has 1 atom stereocenters. The average Bonchev–Trinajstić information content (AvgIpc) is 3.45. The number of nitrogens with zero attached hydrogens (tertiary/aromatic N) is 4. The molecule has 3 N–H and O–H groups in total. The summed E-state index contributed by atoms with van der Waals surface area (Å²) in [5.74, 6) is 9.35. The lowest BCUT2D eigenvalue weighted by molar-refractivity contribution is 0.352. The lowest BCUT2D eigenvalue weighted by Crippen LogP contribution is -2.31. The molecule has 3 heterocycles. The Morgan fingerprint density at radius 2 is 1.96 bits per heavy atom. The molecular weight excluding hydrogens is 288 g/mol. The van der Waals surface area contributed by atoms with Gasteiger partial charge in [-0.25, -0.2) is 9.99 Å². The quantitative estimate of drug-likeness (QED) is 0.826. The first-order valence-corrected chi connectivity index (χ1v) is 8.89. The zero-order chi connectivity index (χ0) is 15.4. The average molecular weight is 312 g/mol. The minimum Gasteiger partial charge on any atom is -0.366 e. The molecule has 1 unspecified atom stereocenters. The van der Waals surface area contributed by atoms with E-state index in [1.165, 1.54) is 31.4 Å². The SMILES string of the molecule is NN1CCC(Nc2cc(C(C3CC3)C3CC3)nc3ccnn23)C1. The van der Waals surface area contributed by atoms with Crippen LogP contribution in [0.4, 0.5) is 5.82 Å². The van der Waals surface area contributed by atoms with E-state index >= 15 is 0 Å². The van der Waals surface area contributed by atoms with Crippen LogP contribution in [0.3, 0.4) is 0 Å². The number of rotatable bonds is 5. The van der Waals surface area contributed by atoms with Gasteiger partial charge in [0.05, 0.1) is 11.9 Å². The fourth-order valence-corrected chi connectivity index (χ4v) is 4.10. The van der Waals surface area contributed by atoms with Crippen LogP contribution >= 0.6 is 0 Å². The van der Waals surface area contributed by atoms with Crippen LogP contribution < -0.4 is 11.2 Å². The van der Waals surface area contributed by atoms with Crippen molar-refractivity contribution in [3.63, 3.8) is 0 Å². The number of aromatic nitrogens is 3. The molecule has 2 saturated carbocycles. The van der Waals surface area contributed by atoms with Gasteiger partial charge in [0.15, 0.2) is 5.65 Å². The molecule has 0 radical (unpaired) electrons. The molecule has 122 valence electrons. The molecule has 0 bridgehead atoms. The minimum absolute atomic E-state index is 0.392. The predicted octanol–water partition coefficient (Wildman–Crippen LogP) is 1.99. The molecule has 2 aromatic heterocycles. The Morgan fingerprint density at radius 1 is 1.17 bits per heavy atom. The molecule has 6 heteroatoms. The second kappa shape index (κ2) is 5.18. The third kappa shape index (κ3) is 2.60. The summed E-state index contributed by atoms with van der Waals surface area (Å²) in [6.07, 6.45) is 8.42. The van der Waals surface area contributed by atoms with Gasteiger partial charge in [0.2, 0.25) is 0 Å².